The van der Waals surface area contributed by atoms with Crippen LogP contribution >= 0.6 is 11.8 Å². The van der Waals surface area contributed by atoms with E-state index >= 15 is 0 Å². The normalized spacial score (nSPS) is 23.8. The smallest absolute Gasteiger partial charge is 0.121 e. The van der Waals surface area contributed by atoms with E-state index in [0.29, 0.717) is 12.0 Å². The van der Waals surface area contributed by atoms with Crippen LogP contribution in [0.15, 0.2) is 35.8 Å². The van der Waals surface area contributed by atoms with Gasteiger partial charge in [-0.1, -0.05) is 44.2 Å². The van der Waals surface area contributed by atoms with Crippen LogP contribution in [0.4, 0.5) is 0 Å². The third kappa shape index (κ3) is 4.71. The zero-order valence-electron chi connectivity index (χ0n) is 15.3. The molecule has 0 amide bonds. The van der Waals surface area contributed by atoms with Crippen molar-refractivity contribution in [2.75, 3.05) is 0 Å². The molecular weight excluding hydrogens is 312 g/mol. The Morgan fingerprint density at radius 1 is 1.42 bits per heavy atom. The van der Waals surface area contributed by atoms with Crippen LogP contribution in [0.25, 0.3) is 4.91 Å². The molecule has 1 aliphatic rings. The molecule has 24 heavy (non-hydrogen) atoms. The molecule has 1 fully saturated rings. The molecule has 0 bridgehead atoms. The van der Waals surface area contributed by atoms with Gasteiger partial charge >= 0.3 is 0 Å². The fourth-order valence-corrected chi connectivity index (χ4v) is 4.07. The van der Waals surface area contributed by atoms with Crippen molar-refractivity contribution < 1.29 is 4.74 Å². The summed E-state index contributed by atoms with van der Waals surface area (Å²) < 4.78 is 6.35. The highest BCUT2D eigenvalue weighted by Crippen LogP contribution is 2.38. The van der Waals surface area contributed by atoms with Gasteiger partial charge in [-0.2, -0.15) is 0 Å². The number of rotatable bonds is 6. The molecule has 3 unspecified atom stereocenters. The summed E-state index contributed by atoms with van der Waals surface area (Å²) in [6.07, 6.45) is 11.6. The van der Waals surface area contributed by atoms with Gasteiger partial charge in [0, 0.05) is 10.5 Å². The van der Waals surface area contributed by atoms with Crippen LogP contribution in [0, 0.1) is 24.2 Å². The maximum atomic E-state index is 6.35. The van der Waals surface area contributed by atoms with Gasteiger partial charge in [-0.3, -0.25) is 0 Å². The molecule has 2 rings (SSSR count). The zero-order chi connectivity index (χ0) is 17.7. The first kappa shape index (κ1) is 18.7. The number of terminal acetylenes is 1. The summed E-state index contributed by atoms with van der Waals surface area (Å²) in [6.45, 7) is 12.9. The molecule has 0 heterocycles. The lowest BCUT2D eigenvalue weighted by Crippen LogP contribution is -2.21. The number of thioether (sulfide) groups is 1. The van der Waals surface area contributed by atoms with Crippen molar-refractivity contribution in [1.82, 2.24) is 0 Å². The van der Waals surface area contributed by atoms with Crippen LogP contribution in [0.1, 0.15) is 58.1 Å². The second-order valence-electron chi connectivity index (χ2n) is 6.72. The molecular formula is C22H28OS. The first-order chi connectivity index (χ1) is 11.5. The maximum Gasteiger partial charge on any atom is 0.121 e. The predicted octanol–water partition coefficient (Wildman–Crippen LogP) is 6.50. The molecule has 0 spiro atoms. The lowest BCUT2D eigenvalue weighted by Gasteiger charge is -2.21. The molecule has 1 nitrogen and oxygen atoms in total. The fourth-order valence-electron chi connectivity index (χ4n) is 3.33. The van der Waals surface area contributed by atoms with Gasteiger partial charge in [0.05, 0.1) is 0 Å². The number of ether oxygens (including phenoxy) is 1. The Morgan fingerprint density at radius 3 is 2.79 bits per heavy atom. The van der Waals surface area contributed by atoms with E-state index in [9.17, 15) is 0 Å². The van der Waals surface area contributed by atoms with Gasteiger partial charge < -0.3 is 4.74 Å². The number of hydrogen-bond acceptors (Lipinski definition) is 2. The summed E-state index contributed by atoms with van der Waals surface area (Å²) in [5, 5.41) is 0. The van der Waals surface area contributed by atoms with Crippen molar-refractivity contribution in [3.05, 3.63) is 46.9 Å². The third-order valence-electron chi connectivity index (χ3n) is 4.76. The molecule has 2 heteroatoms. The van der Waals surface area contributed by atoms with Gasteiger partial charge in [-0.25, -0.2) is 0 Å². The average molecular weight is 341 g/mol. The topological polar surface area (TPSA) is 9.23 Å². The Labute approximate surface area is 151 Å². The minimum atomic E-state index is 0.295. The molecule has 1 aromatic rings. The monoisotopic (exact) mass is 340 g/mol. The van der Waals surface area contributed by atoms with Crippen molar-refractivity contribution >= 4 is 16.7 Å². The van der Waals surface area contributed by atoms with E-state index in [1.807, 2.05) is 19.1 Å². The Hall–Kier alpha value is -1.59. The van der Waals surface area contributed by atoms with Crippen molar-refractivity contribution in [3.8, 4) is 18.1 Å². The molecule has 0 radical (unpaired) electrons. The van der Waals surface area contributed by atoms with E-state index in [2.05, 4.69) is 45.4 Å². The van der Waals surface area contributed by atoms with E-state index in [1.54, 1.807) is 11.8 Å². The van der Waals surface area contributed by atoms with Crippen LogP contribution in [-0.4, -0.2) is 6.10 Å². The summed E-state index contributed by atoms with van der Waals surface area (Å²) in [6, 6.07) is 6.06. The third-order valence-corrected chi connectivity index (χ3v) is 5.80. The highest BCUT2D eigenvalue weighted by molar-refractivity contribution is 8.11. The largest absolute Gasteiger partial charge is 0.490 e. The van der Waals surface area contributed by atoms with Gasteiger partial charge in [-0.15, -0.1) is 6.42 Å². The van der Waals surface area contributed by atoms with Crippen LogP contribution < -0.4 is 4.74 Å². The first-order valence-corrected chi connectivity index (χ1v) is 9.56. The van der Waals surface area contributed by atoms with Gasteiger partial charge in [0.2, 0.25) is 0 Å². The van der Waals surface area contributed by atoms with E-state index < -0.39 is 0 Å². The molecule has 0 aromatic heterocycles. The molecule has 1 saturated carbocycles. The lowest BCUT2D eigenvalue weighted by molar-refractivity contribution is 0.155. The minimum Gasteiger partial charge on any atom is -0.490 e. The molecule has 0 N–H and O–H groups in total. The van der Waals surface area contributed by atoms with Gasteiger partial charge in [-0.05, 0) is 73.6 Å². The highest BCUT2D eigenvalue weighted by Gasteiger charge is 2.32. The SMILES string of the molecule is C#Cc1cc(OC2CC(C)CC2CC)cc(C(=C)S/C(C)=C\C)c1. The highest BCUT2D eigenvalue weighted by atomic mass is 32.2. The molecule has 1 aromatic carbocycles. The summed E-state index contributed by atoms with van der Waals surface area (Å²) in [5.74, 6) is 4.99. The summed E-state index contributed by atoms with van der Waals surface area (Å²) in [7, 11) is 0. The van der Waals surface area contributed by atoms with Gasteiger partial charge in [0.15, 0.2) is 0 Å². The van der Waals surface area contributed by atoms with Crippen LogP contribution in [-0.2, 0) is 0 Å². The summed E-state index contributed by atoms with van der Waals surface area (Å²) in [5.41, 5.74) is 1.90. The Kier molecular flexibility index (Phi) is 6.63. The Bertz CT molecular complexity index is 665. The lowest BCUT2D eigenvalue weighted by atomic mass is 10.0. The minimum absolute atomic E-state index is 0.295. The molecule has 128 valence electrons. The van der Waals surface area contributed by atoms with Crippen LogP contribution in [0.3, 0.4) is 0 Å². The number of benzene rings is 1. The van der Waals surface area contributed by atoms with Crippen LogP contribution in [0.5, 0.6) is 5.75 Å². The number of allylic oxidation sites excluding steroid dienone is 2. The fraction of sp³-hybridized carbons (Fsp3) is 0.455. The van der Waals surface area contributed by atoms with E-state index in [0.717, 1.165) is 34.1 Å². The molecule has 0 saturated heterocycles. The Morgan fingerprint density at radius 2 is 2.17 bits per heavy atom. The predicted molar refractivity (Wildman–Crippen MR) is 107 cm³/mol. The van der Waals surface area contributed by atoms with E-state index in [-0.39, 0.29) is 0 Å². The second kappa shape index (κ2) is 8.49. The van der Waals surface area contributed by atoms with Crippen molar-refractivity contribution in [2.45, 2.75) is 53.1 Å². The average Bonchev–Trinajstić information content (AvgIpc) is 2.93. The zero-order valence-corrected chi connectivity index (χ0v) is 16.1. The number of hydrogen-bond donors (Lipinski definition) is 0. The van der Waals surface area contributed by atoms with Crippen molar-refractivity contribution in [2.24, 2.45) is 11.8 Å². The standard InChI is InChI=1S/C22H28OS/c1-7-16(5)24-17(6)20-12-18(8-2)13-21(14-20)23-22-11-15(4)10-19(22)9-3/h2,7,12-15,19,22H,6,9-11H2,1,3-5H3/b16-7-. The summed E-state index contributed by atoms with van der Waals surface area (Å²) >= 11 is 1.67. The van der Waals surface area contributed by atoms with E-state index in [4.69, 9.17) is 11.2 Å². The van der Waals surface area contributed by atoms with Crippen molar-refractivity contribution in [3.63, 3.8) is 0 Å². The van der Waals surface area contributed by atoms with Crippen molar-refractivity contribution in [1.29, 1.82) is 0 Å². The molecule has 1 aliphatic carbocycles. The van der Waals surface area contributed by atoms with Gasteiger partial charge in [0.1, 0.15) is 11.9 Å². The quantitative estimate of drug-likeness (QED) is 0.547. The second-order valence-corrected chi connectivity index (χ2v) is 8.06. The molecule has 0 aliphatic heterocycles. The first-order valence-electron chi connectivity index (χ1n) is 8.75. The Balaban J connectivity index is 2.23. The molecule has 3 atom stereocenters. The van der Waals surface area contributed by atoms with Gasteiger partial charge in [0.25, 0.3) is 0 Å². The summed E-state index contributed by atoms with van der Waals surface area (Å²) in [4.78, 5) is 2.23. The van der Waals surface area contributed by atoms with E-state index in [1.165, 1.54) is 17.7 Å². The maximum absolute atomic E-state index is 6.35. The van der Waals surface area contributed by atoms with Crippen LogP contribution in [0.2, 0.25) is 0 Å².